The summed E-state index contributed by atoms with van der Waals surface area (Å²) in [5.74, 6) is -0.204. The van der Waals surface area contributed by atoms with E-state index in [-0.39, 0.29) is 5.82 Å². The van der Waals surface area contributed by atoms with Crippen molar-refractivity contribution in [1.29, 1.82) is 0 Å². The Bertz CT molecular complexity index is 448. The fraction of sp³-hybridized carbons (Fsp3) is 0.600. The summed E-state index contributed by atoms with van der Waals surface area (Å²) in [6, 6.07) is 5.20. The molecule has 3 rings (SSSR count). The van der Waals surface area contributed by atoms with E-state index in [1.165, 1.54) is 25.3 Å². The van der Waals surface area contributed by atoms with E-state index in [0.717, 1.165) is 18.4 Å². The molecule has 0 aromatic heterocycles. The molecule has 3 heteroatoms. The maximum atomic E-state index is 13.7. The van der Waals surface area contributed by atoms with Crippen LogP contribution in [0.25, 0.3) is 0 Å². The van der Waals surface area contributed by atoms with Gasteiger partial charge in [0.1, 0.15) is 5.82 Å². The van der Waals surface area contributed by atoms with Crippen molar-refractivity contribution in [2.45, 2.75) is 55.1 Å². The molecular formula is C15H19FOS. The Morgan fingerprint density at radius 1 is 1.28 bits per heavy atom. The standard InChI is InChI=1S/C15H19FOS/c1-10-5-6-11(7-14(10)16)15(17)8-12-3-2-4-13(9-15)18-12/h5-7,12-13,17H,2-4,8-9H2,1H3. The van der Waals surface area contributed by atoms with Gasteiger partial charge in [-0.2, -0.15) is 11.8 Å². The quantitative estimate of drug-likeness (QED) is 0.835. The lowest BCUT2D eigenvalue weighted by Crippen LogP contribution is -2.40. The first-order chi connectivity index (χ1) is 8.57. The summed E-state index contributed by atoms with van der Waals surface area (Å²) in [6.45, 7) is 1.76. The number of hydrogen-bond acceptors (Lipinski definition) is 2. The summed E-state index contributed by atoms with van der Waals surface area (Å²) in [5, 5.41) is 12.0. The summed E-state index contributed by atoms with van der Waals surface area (Å²) >= 11 is 2.02. The van der Waals surface area contributed by atoms with E-state index in [1.807, 2.05) is 17.8 Å². The number of rotatable bonds is 1. The normalized spacial score (nSPS) is 35.5. The Labute approximate surface area is 112 Å². The molecule has 2 fully saturated rings. The molecule has 0 saturated carbocycles. The van der Waals surface area contributed by atoms with E-state index in [2.05, 4.69) is 0 Å². The number of thioether (sulfide) groups is 1. The van der Waals surface area contributed by atoms with Gasteiger partial charge >= 0.3 is 0 Å². The summed E-state index contributed by atoms with van der Waals surface area (Å²) in [5.41, 5.74) is 0.603. The van der Waals surface area contributed by atoms with Crippen LogP contribution in [0.5, 0.6) is 0 Å². The predicted octanol–water partition coefficient (Wildman–Crippen LogP) is 3.77. The van der Waals surface area contributed by atoms with Crippen LogP contribution < -0.4 is 0 Å². The molecular weight excluding hydrogens is 247 g/mol. The van der Waals surface area contributed by atoms with E-state index in [9.17, 15) is 9.50 Å². The second-order valence-corrected chi connectivity index (χ2v) is 7.32. The first-order valence-corrected chi connectivity index (χ1v) is 7.65. The van der Waals surface area contributed by atoms with Crippen LogP contribution in [0.4, 0.5) is 4.39 Å². The largest absolute Gasteiger partial charge is 0.385 e. The van der Waals surface area contributed by atoms with Gasteiger partial charge < -0.3 is 5.11 Å². The molecule has 98 valence electrons. The van der Waals surface area contributed by atoms with Crippen molar-refractivity contribution in [3.05, 3.63) is 35.1 Å². The topological polar surface area (TPSA) is 20.2 Å². The van der Waals surface area contributed by atoms with E-state index in [1.54, 1.807) is 13.0 Å². The molecule has 1 nitrogen and oxygen atoms in total. The molecule has 0 radical (unpaired) electrons. The van der Waals surface area contributed by atoms with Gasteiger partial charge in [0.15, 0.2) is 0 Å². The Morgan fingerprint density at radius 2 is 1.94 bits per heavy atom. The molecule has 2 atom stereocenters. The number of aliphatic hydroxyl groups is 1. The third kappa shape index (κ3) is 2.19. The van der Waals surface area contributed by atoms with Crippen LogP contribution in [0.3, 0.4) is 0 Å². The third-order valence-electron chi connectivity index (χ3n) is 4.28. The van der Waals surface area contributed by atoms with Crippen molar-refractivity contribution in [3.8, 4) is 0 Å². The van der Waals surface area contributed by atoms with Crippen LogP contribution in [-0.2, 0) is 5.60 Å². The van der Waals surface area contributed by atoms with Gasteiger partial charge in [-0.05, 0) is 49.8 Å². The monoisotopic (exact) mass is 266 g/mol. The van der Waals surface area contributed by atoms with Crippen LogP contribution >= 0.6 is 11.8 Å². The number of hydrogen-bond donors (Lipinski definition) is 1. The average Bonchev–Trinajstić information content (AvgIpc) is 2.32. The Kier molecular flexibility index (Phi) is 3.15. The molecule has 2 aliphatic rings. The lowest BCUT2D eigenvalue weighted by atomic mass is 9.80. The summed E-state index contributed by atoms with van der Waals surface area (Å²) in [7, 11) is 0. The van der Waals surface area contributed by atoms with Gasteiger partial charge in [-0.25, -0.2) is 4.39 Å². The Hall–Kier alpha value is -0.540. The predicted molar refractivity (Wildman–Crippen MR) is 73.3 cm³/mol. The fourth-order valence-corrected chi connectivity index (χ4v) is 5.13. The van der Waals surface area contributed by atoms with Crippen molar-refractivity contribution in [2.24, 2.45) is 0 Å². The van der Waals surface area contributed by atoms with Gasteiger partial charge in [-0.3, -0.25) is 0 Å². The summed E-state index contributed by atoms with van der Waals surface area (Å²) in [6.07, 6.45) is 5.21. The molecule has 2 unspecified atom stereocenters. The minimum absolute atomic E-state index is 0.204. The highest BCUT2D eigenvalue weighted by Crippen LogP contribution is 2.49. The maximum absolute atomic E-state index is 13.7. The molecule has 2 heterocycles. The molecule has 0 amide bonds. The van der Waals surface area contributed by atoms with Crippen LogP contribution in [0.2, 0.25) is 0 Å². The van der Waals surface area contributed by atoms with E-state index in [0.29, 0.717) is 16.1 Å². The minimum Gasteiger partial charge on any atom is -0.385 e. The van der Waals surface area contributed by atoms with E-state index in [4.69, 9.17) is 0 Å². The number of fused-ring (bicyclic) bond motifs is 2. The summed E-state index contributed by atoms with van der Waals surface area (Å²) < 4.78 is 13.7. The van der Waals surface area contributed by atoms with Gasteiger partial charge in [0, 0.05) is 10.5 Å². The van der Waals surface area contributed by atoms with E-state index < -0.39 is 5.60 Å². The van der Waals surface area contributed by atoms with Crippen LogP contribution in [0.15, 0.2) is 18.2 Å². The Morgan fingerprint density at radius 3 is 2.56 bits per heavy atom. The highest BCUT2D eigenvalue weighted by atomic mass is 32.2. The van der Waals surface area contributed by atoms with Gasteiger partial charge in [0.2, 0.25) is 0 Å². The highest BCUT2D eigenvalue weighted by Gasteiger charge is 2.42. The van der Waals surface area contributed by atoms with Crippen LogP contribution in [0.1, 0.15) is 43.2 Å². The zero-order valence-corrected chi connectivity index (χ0v) is 11.5. The van der Waals surface area contributed by atoms with Gasteiger partial charge in [0.25, 0.3) is 0 Å². The lowest BCUT2D eigenvalue weighted by molar-refractivity contribution is 0.00785. The highest BCUT2D eigenvalue weighted by molar-refractivity contribution is 8.00. The Balaban J connectivity index is 1.91. The molecule has 1 aromatic rings. The van der Waals surface area contributed by atoms with Gasteiger partial charge in [-0.1, -0.05) is 18.6 Å². The number of halogens is 1. The molecule has 2 bridgehead atoms. The zero-order valence-electron chi connectivity index (χ0n) is 10.7. The van der Waals surface area contributed by atoms with Crippen molar-refractivity contribution in [2.75, 3.05) is 0 Å². The zero-order chi connectivity index (χ0) is 12.8. The first-order valence-electron chi connectivity index (χ1n) is 6.71. The van der Waals surface area contributed by atoms with E-state index >= 15 is 0 Å². The smallest absolute Gasteiger partial charge is 0.126 e. The fourth-order valence-electron chi connectivity index (χ4n) is 3.24. The number of benzene rings is 1. The molecule has 0 aliphatic carbocycles. The van der Waals surface area contributed by atoms with Gasteiger partial charge in [-0.15, -0.1) is 0 Å². The third-order valence-corrected chi connectivity index (χ3v) is 5.85. The summed E-state index contributed by atoms with van der Waals surface area (Å²) in [4.78, 5) is 0. The van der Waals surface area contributed by atoms with Crippen LogP contribution in [0, 0.1) is 12.7 Å². The average molecular weight is 266 g/mol. The van der Waals surface area contributed by atoms with Crippen molar-refractivity contribution in [1.82, 2.24) is 0 Å². The second-order valence-electron chi connectivity index (χ2n) is 5.71. The van der Waals surface area contributed by atoms with Crippen molar-refractivity contribution < 1.29 is 9.50 Å². The number of aryl methyl sites for hydroxylation is 1. The second kappa shape index (κ2) is 4.53. The maximum Gasteiger partial charge on any atom is 0.126 e. The van der Waals surface area contributed by atoms with Gasteiger partial charge in [0.05, 0.1) is 5.60 Å². The lowest BCUT2D eigenvalue weighted by Gasteiger charge is -2.44. The van der Waals surface area contributed by atoms with Crippen molar-refractivity contribution in [3.63, 3.8) is 0 Å². The molecule has 2 aliphatic heterocycles. The minimum atomic E-state index is -0.810. The van der Waals surface area contributed by atoms with Crippen molar-refractivity contribution >= 4 is 11.8 Å². The molecule has 2 saturated heterocycles. The SMILES string of the molecule is Cc1ccc(C2(O)CC3CCCC(C2)S3)cc1F. The molecule has 1 N–H and O–H groups in total. The molecule has 0 spiro atoms. The molecule has 18 heavy (non-hydrogen) atoms. The van der Waals surface area contributed by atoms with Crippen LogP contribution in [-0.4, -0.2) is 15.6 Å². The first kappa shape index (κ1) is 12.5. The molecule has 1 aromatic carbocycles.